The van der Waals surface area contributed by atoms with Gasteiger partial charge in [0, 0.05) is 6.92 Å². The standard InChI is InChI=1S/C2H4O2.CH8N6/c1-2(3)4;2-1(6-3)7(4)5/h1H3,(H,3,4);3-5H2,(H2,2,6). The summed E-state index contributed by atoms with van der Waals surface area (Å²) in [7, 11) is 0. The number of carbonyl (C=O) groups is 1. The zero-order valence-corrected chi connectivity index (χ0v) is 6.06. The van der Waals surface area contributed by atoms with Crippen molar-refractivity contribution in [3.8, 4) is 0 Å². The predicted octanol–water partition coefficient (Wildman–Crippen LogP) is -2.68. The van der Waals surface area contributed by atoms with E-state index in [0.29, 0.717) is 5.12 Å². The molecule has 0 amide bonds. The van der Waals surface area contributed by atoms with Crippen molar-refractivity contribution >= 4 is 11.9 Å². The Labute approximate surface area is 63.4 Å². The van der Waals surface area contributed by atoms with E-state index in [2.05, 4.69) is 10.9 Å². The lowest BCUT2D eigenvalue weighted by molar-refractivity contribution is -0.134. The molecule has 0 unspecified atom stereocenters. The third kappa shape index (κ3) is 17.7. The lowest BCUT2D eigenvalue weighted by atomic mass is 10.9. The molecular weight excluding hydrogens is 152 g/mol. The fraction of sp³-hybridized carbons (Fsp3) is 0.333. The molecule has 0 spiro atoms. The van der Waals surface area contributed by atoms with Crippen LogP contribution in [0.3, 0.4) is 0 Å². The van der Waals surface area contributed by atoms with E-state index in [9.17, 15) is 0 Å². The maximum absolute atomic E-state index is 9.00. The van der Waals surface area contributed by atoms with Gasteiger partial charge >= 0.3 is 0 Å². The normalized spacial score (nSPS) is 9.55. The molecule has 0 rings (SSSR count). The zero-order chi connectivity index (χ0) is 9.44. The minimum atomic E-state index is -0.833. The fourth-order valence-electron chi connectivity index (χ4n) is 0.0667. The number of aliphatic carboxylic acids is 1. The maximum Gasteiger partial charge on any atom is 0.300 e. The molecule has 0 aromatic carbocycles. The number of hydrazone groups is 1. The van der Waals surface area contributed by atoms with Crippen LogP contribution in [0.4, 0.5) is 0 Å². The Morgan fingerprint density at radius 3 is 1.82 bits per heavy atom. The van der Waals surface area contributed by atoms with Crippen molar-refractivity contribution in [1.82, 2.24) is 5.12 Å². The Kier molecular flexibility index (Phi) is 7.28. The molecule has 9 N–H and O–H groups in total. The van der Waals surface area contributed by atoms with Crippen LogP contribution in [-0.2, 0) is 4.79 Å². The molecule has 0 radical (unpaired) electrons. The molecule has 0 heterocycles. The summed E-state index contributed by atoms with van der Waals surface area (Å²) in [6.45, 7) is 1.08. The highest BCUT2D eigenvalue weighted by Crippen LogP contribution is 1.55. The predicted molar refractivity (Wildman–Crippen MR) is 39.3 cm³/mol. The van der Waals surface area contributed by atoms with E-state index in [1.807, 2.05) is 0 Å². The highest BCUT2D eigenvalue weighted by atomic mass is 16.4. The number of nitrogens with two attached hydrogens (primary N) is 4. The second kappa shape index (κ2) is 6.58. The van der Waals surface area contributed by atoms with Gasteiger partial charge in [0.25, 0.3) is 5.97 Å². The van der Waals surface area contributed by atoms with Crippen LogP contribution in [0.15, 0.2) is 5.10 Å². The van der Waals surface area contributed by atoms with Gasteiger partial charge in [-0.05, 0) is 0 Å². The third-order valence-electron chi connectivity index (χ3n) is 0.397. The first-order chi connectivity index (χ1) is 4.91. The molecule has 66 valence electrons. The van der Waals surface area contributed by atoms with E-state index >= 15 is 0 Å². The number of hydrazine groups is 2. The molecule has 0 fully saturated rings. The molecule has 0 saturated heterocycles. The topological polar surface area (TPSA) is 157 Å². The van der Waals surface area contributed by atoms with Gasteiger partial charge in [-0.3, -0.25) is 4.79 Å². The van der Waals surface area contributed by atoms with Crippen LogP contribution >= 0.6 is 0 Å². The molecule has 0 aliphatic heterocycles. The largest absolute Gasteiger partial charge is 0.481 e. The summed E-state index contributed by atoms with van der Waals surface area (Å²) < 4.78 is 0. The van der Waals surface area contributed by atoms with Crippen LogP contribution in [0.25, 0.3) is 0 Å². The smallest absolute Gasteiger partial charge is 0.300 e. The molecule has 0 aliphatic carbocycles. The van der Waals surface area contributed by atoms with Crippen molar-refractivity contribution in [1.29, 1.82) is 0 Å². The van der Waals surface area contributed by atoms with Crippen LogP contribution in [-0.4, -0.2) is 22.2 Å². The highest BCUT2D eigenvalue weighted by molar-refractivity contribution is 5.76. The Morgan fingerprint density at radius 1 is 1.55 bits per heavy atom. The molecule has 0 aromatic rings. The summed E-state index contributed by atoms with van der Waals surface area (Å²) in [5, 5.41) is 11.0. The van der Waals surface area contributed by atoms with Crippen LogP contribution in [0.5, 0.6) is 0 Å². The summed E-state index contributed by atoms with van der Waals surface area (Å²) in [6.07, 6.45) is 0. The number of guanidine groups is 1. The summed E-state index contributed by atoms with van der Waals surface area (Å²) in [4.78, 5) is 9.00. The lowest BCUT2D eigenvalue weighted by Gasteiger charge is -2.06. The van der Waals surface area contributed by atoms with Gasteiger partial charge in [-0.15, -0.1) is 5.10 Å². The quantitative estimate of drug-likeness (QED) is 0.113. The van der Waals surface area contributed by atoms with Crippen molar-refractivity contribution < 1.29 is 9.90 Å². The molecule has 8 heteroatoms. The summed E-state index contributed by atoms with van der Waals surface area (Å²) in [6, 6.07) is 0. The Morgan fingerprint density at radius 2 is 1.82 bits per heavy atom. The Hall–Kier alpha value is -1.54. The number of rotatable bonds is 0. The first-order valence-corrected chi connectivity index (χ1v) is 2.44. The Balaban J connectivity index is 0. The molecule has 0 atom stereocenters. The van der Waals surface area contributed by atoms with Crippen LogP contribution in [0, 0.1) is 0 Å². The molecule has 0 saturated carbocycles. The minimum absolute atomic E-state index is 0.111. The summed E-state index contributed by atoms with van der Waals surface area (Å²) >= 11 is 0. The van der Waals surface area contributed by atoms with Crippen molar-refractivity contribution in [2.24, 2.45) is 28.4 Å². The second-order valence-electron chi connectivity index (χ2n) is 1.41. The van der Waals surface area contributed by atoms with Crippen molar-refractivity contribution in [3.05, 3.63) is 0 Å². The van der Waals surface area contributed by atoms with Crippen molar-refractivity contribution in [2.75, 3.05) is 0 Å². The molecule has 8 nitrogen and oxygen atoms in total. The number of hydrogen-bond donors (Lipinski definition) is 5. The Bertz CT molecular complexity index is 139. The van der Waals surface area contributed by atoms with Crippen LogP contribution < -0.4 is 23.3 Å². The van der Waals surface area contributed by atoms with E-state index in [1.165, 1.54) is 0 Å². The van der Waals surface area contributed by atoms with E-state index in [4.69, 9.17) is 27.3 Å². The SMILES string of the molecule is CC(=O)O.NN=C(N)N(N)N. The van der Waals surface area contributed by atoms with Gasteiger partial charge < -0.3 is 16.7 Å². The molecule has 0 aliphatic rings. The highest BCUT2D eigenvalue weighted by Gasteiger charge is 1.88. The lowest BCUT2D eigenvalue weighted by Crippen LogP contribution is -2.48. The number of carboxylic acid groups (broad SMARTS) is 1. The average molecular weight is 164 g/mol. The summed E-state index contributed by atoms with van der Waals surface area (Å²) in [5.74, 6) is 13.3. The van der Waals surface area contributed by atoms with E-state index < -0.39 is 5.97 Å². The van der Waals surface area contributed by atoms with E-state index in [1.54, 1.807) is 0 Å². The average Bonchev–Trinajstić information content (AvgIpc) is 1.85. The van der Waals surface area contributed by atoms with Crippen LogP contribution in [0.2, 0.25) is 0 Å². The van der Waals surface area contributed by atoms with Gasteiger partial charge in [0.15, 0.2) is 0 Å². The zero-order valence-electron chi connectivity index (χ0n) is 6.06. The first kappa shape index (κ1) is 12.2. The number of nitrogens with zero attached hydrogens (tertiary/aromatic N) is 2. The van der Waals surface area contributed by atoms with E-state index in [0.717, 1.165) is 6.92 Å². The molecule has 0 aromatic heterocycles. The molecule has 0 bridgehead atoms. The van der Waals surface area contributed by atoms with Gasteiger partial charge in [-0.25, -0.2) is 16.8 Å². The molecule has 11 heavy (non-hydrogen) atoms. The monoisotopic (exact) mass is 164 g/mol. The van der Waals surface area contributed by atoms with Gasteiger partial charge in [0.05, 0.1) is 0 Å². The van der Waals surface area contributed by atoms with Gasteiger partial charge in [-0.2, -0.15) is 0 Å². The second-order valence-corrected chi connectivity index (χ2v) is 1.41. The fourth-order valence-corrected chi connectivity index (χ4v) is 0.0667. The minimum Gasteiger partial charge on any atom is -0.481 e. The number of hydrogen-bond acceptors (Lipinski definition) is 5. The van der Waals surface area contributed by atoms with Crippen molar-refractivity contribution in [3.63, 3.8) is 0 Å². The van der Waals surface area contributed by atoms with Gasteiger partial charge in [-0.1, -0.05) is 0 Å². The molecular formula is C3H12N6O2. The summed E-state index contributed by atoms with van der Waals surface area (Å²) in [5.41, 5.74) is 4.92. The number of carboxylic acids is 1. The first-order valence-electron chi connectivity index (χ1n) is 2.44. The van der Waals surface area contributed by atoms with Gasteiger partial charge in [0.1, 0.15) is 0 Å². The maximum atomic E-state index is 9.00. The third-order valence-corrected chi connectivity index (χ3v) is 0.397. The van der Waals surface area contributed by atoms with Gasteiger partial charge in [0.2, 0.25) is 5.96 Å². The van der Waals surface area contributed by atoms with Crippen molar-refractivity contribution in [2.45, 2.75) is 6.92 Å². The van der Waals surface area contributed by atoms with E-state index in [-0.39, 0.29) is 5.96 Å². The van der Waals surface area contributed by atoms with Crippen LogP contribution in [0.1, 0.15) is 6.92 Å².